The van der Waals surface area contributed by atoms with Crippen LogP contribution in [0.15, 0.2) is 0 Å². The molecule has 1 aliphatic heterocycles. The van der Waals surface area contributed by atoms with E-state index in [1.165, 1.54) is 5.75 Å². The van der Waals surface area contributed by atoms with Crippen LogP contribution < -0.4 is 0 Å². The molecule has 0 N–H and O–H groups in total. The van der Waals surface area contributed by atoms with E-state index in [0.29, 0.717) is 11.2 Å². The lowest BCUT2D eigenvalue weighted by molar-refractivity contribution is 0.264. The highest BCUT2D eigenvalue weighted by atomic mass is 35.5. The highest BCUT2D eigenvalue weighted by Crippen LogP contribution is 2.28. The first-order chi connectivity index (χ1) is 8.13. The fourth-order valence-corrected chi connectivity index (χ4v) is 3.41. The first kappa shape index (κ1) is 13.1. The zero-order valence-corrected chi connectivity index (χ0v) is 12.1. The molecule has 1 saturated heterocycles. The number of aromatic nitrogens is 2. The van der Waals surface area contributed by atoms with Gasteiger partial charge in [-0.1, -0.05) is 18.5 Å². The monoisotopic (exact) mass is 271 g/mol. The molecule has 1 fully saturated rings. The molecule has 3 nitrogen and oxygen atoms in total. The Balaban J connectivity index is 2.34. The second-order valence-corrected chi connectivity index (χ2v) is 5.88. The standard InChI is InChI=1S/C12H18ClN3S/c1-4-9-8(2)11(13)15-12(14-9)10-7-17-6-5-16(10)3/h10H,4-7H2,1-3H3. The van der Waals surface area contributed by atoms with E-state index >= 15 is 0 Å². The number of thioether (sulfide) groups is 1. The smallest absolute Gasteiger partial charge is 0.148 e. The lowest BCUT2D eigenvalue weighted by atomic mass is 10.2. The maximum absolute atomic E-state index is 6.19. The lowest BCUT2D eigenvalue weighted by Crippen LogP contribution is -2.34. The van der Waals surface area contributed by atoms with Crippen molar-refractivity contribution in [2.45, 2.75) is 26.3 Å². The molecule has 1 aliphatic rings. The van der Waals surface area contributed by atoms with Crippen molar-refractivity contribution in [2.75, 3.05) is 25.1 Å². The van der Waals surface area contributed by atoms with Crippen LogP contribution in [0.4, 0.5) is 0 Å². The SMILES string of the molecule is CCc1nc(C2CSCCN2C)nc(Cl)c1C. The van der Waals surface area contributed by atoms with Gasteiger partial charge < -0.3 is 0 Å². The molecule has 0 aliphatic carbocycles. The average Bonchev–Trinajstić information content (AvgIpc) is 2.33. The van der Waals surface area contributed by atoms with Crippen LogP contribution in [0.1, 0.15) is 30.0 Å². The van der Waals surface area contributed by atoms with Crippen molar-refractivity contribution in [3.63, 3.8) is 0 Å². The molecule has 0 amide bonds. The third-order valence-corrected chi connectivity index (χ3v) is 4.62. The van der Waals surface area contributed by atoms with Gasteiger partial charge in [-0.05, 0) is 20.4 Å². The Morgan fingerprint density at radius 1 is 1.47 bits per heavy atom. The fraction of sp³-hybridized carbons (Fsp3) is 0.667. The Kier molecular flexibility index (Phi) is 4.28. The van der Waals surface area contributed by atoms with E-state index in [0.717, 1.165) is 35.8 Å². The van der Waals surface area contributed by atoms with E-state index in [4.69, 9.17) is 11.6 Å². The van der Waals surface area contributed by atoms with Crippen LogP contribution in [0.3, 0.4) is 0 Å². The number of nitrogens with zero attached hydrogens (tertiary/aromatic N) is 3. The zero-order valence-electron chi connectivity index (χ0n) is 10.5. The minimum absolute atomic E-state index is 0.303. The van der Waals surface area contributed by atoms with Gasteiger partial charge >= 0.3 is 0 Å². The molecule has 1 unspecified atom stereocenters. The summed E-state index contributed by atoms with van der Waals surface area (Å²) in [6.07, 6.45) is 0.907. The van der Waals surface area contributed by atoms with Crippen LogP contribution in [0.5, 0.6) is 0 Å². The van der Waals surface area contributed by atoms with Crippen molar-refractivity contribution in [1.82, 2.24) is 14.9 Å². The van der Waals surface area contributed by atoms with Crippen LogP contribution in [0.25, 0.3) is 0 Å². The summed E-state index contributed by atoms with van der Waals surface area (Å²) in [7, 11) is 2.13. The number of hydrogen-bond acceptors (Lipinski definition) is 4. The van der Waals surface area contributed by atoms with Gasteiger partial charge in [0.25, 0.3) is 0 Å². The van der Waals surface area contributed by atoms with Gasteiger partial charge in [0, 0.05) is 29.3 Å². The Hall–Kier alpha value is -0.320. The van der Waals surface area contributed by atoms with E-state index in [1.54, 1.807) is 0 Å². The van der Waals surface area contributed by atoms with Crippen LogP contribution in [0, 0.1) is 6.92 Å². The highest BCUT2D eigenvalue weighted by Gasteiger charge is 2.24. The van der Waals surface area contributed by atoms with E-state index < -0.39 is 0 Å². The Bertz CT molecular complexity index is 411. The highest BCUT2D eigenvalue weighted by molar-refractivity contribution is 7.99. The predicted molar refractivity (Wildman–Crippen MR) is 73.9 cm³/mol. The van der Waals surface area contributed by atoms with Gasteiger partial charge in [0.15, 0.2) is 0 Å². The molecule has 17 heavy (non-hydrogen) atoms. The molecule has 0 radical (unpaired) electrons. The molecular weight excluding hydrogens is 254 g/mol. The van der Waals surface area contributed by atoms with Gasteiger partial charge in [0.05, 0.1) is 6.04 Å². The van der Waals surface area contributed by atoms with Crippen molar-refractivity contribution in [3.05, 3.63) is 22.2 Å². The van der Waals surface area contributed by atoms with E-state index in [1.807, 2.05) is 18.7 Å². The lowest BCUT2D eigenvalue weighted by Gasteiger charge is -2.31. The summed E-state index contributed by atoms with van der Waals surface area (Å²) in [5.41, 5.74) is 2.09. The molecular formula is C12H18ClN3S. The number of hydrogen-bond donors (Lipinski definition) is 0. The third kappa shape index (κ3) is 2.75. The summed E-state index contributed by atoms with van der Waals surface area (Å²) in [5.74, 6) is 3.12. The van der Waals surface area contributed by atoms with Crippen LogP contribution in [-0.2, 0) is 6.42 Å². The van der Waals surface area contributed by atoms with Crippen molar-refractivity contribution in [1.29, 1.82) is 0 Å². The van der Waals surface area contributed by atoms with E-state index in [9.17, 15) is 0 Å². The van der Waals surface area contributed by atoms with Crippen LogP contribution >= 0.6 is 23.4 Å². The van der Waals surface area contributed by atoms with Crippen molar-refractivity contribution in [2.24, 2.45) is 0 Å². The summed E-state index contributed by atoms with van der Waals surface area (Å²) in [5, 5.41) is 0.607. The van der Waals surface area contributed by atoms with E-state index in [-0.39, 0.29) is 0 Å². The summed E-state index contributed by atoms with van der Waals surface area (Å²) >= 11 is 8.15. The van der Waals surface area contributed by atoms with Gasteiger partial charge in [0.1, 0.15) is 11.0 Å². The molecule has 94 valence electrons. The van der Waals surface area contributed by atoms with Crippen molar-refractivity contribution >= 4 is 23.4 Å². The first-order valence-electron chi connectivity index (χ1n) is 5.94. The van der Waals surface area contributed by atoms with Crippen molar-refractivity contribution < 1.29 is 0 Å². The second kappa shape index (κ2) is 5.55. The zero-order chi connectivity index (χ0) is 12.4. The van der Waals surface area contributed by atoms with Crippen LogP contribution in [-0.4, -0.2) is 40.0 Å². The Labute approximate surface area is 112 Å². The summed E-state index contributed by atoms with van der Waals surface area (Å²) < 4.78 is 0. The minimum Gasteiger partial charge on any atom is -0.295 e. The van der Waals surface area contributed by atoms with Gasteiger partial charge in [0.2, 0.25) is 0 Å². The summed E-state index contributed by atoms with van der Waals surface area (Å²) in [6.45, 7) is 5.19. The molecule has 0 saturated carbocycles. The van der Waals surface area contributed by atoms with Crippen LogP contribution in [0.2, 0.25) is 5.15 Å². The van der Waals surface area contributed by atoms with E-state index in [2.05, 4.69) is 28.8 Å². The molecule has 0 spiro atoms. The van der Waals surface area contributed by atoms with Gasteiger partial charge in [-0.2, -0.15) is 11.8 Å². The third-order valence-electron chi connectivity index (χ3n) is 3.23. The summed E-state index contributed by atoms with van der Waals surface area (Å²) in [6, 6.07) is 0.303. The molecule has 5 heteroatoms. The Morgan fingerprint density at radius 2 is 2.24 bits per heavy atom. The fourth-order valence-electron chi connectivity index (χ4n) is 2.00. The molecule has 2 heterocycles. The average molecular weight is 272 g/mol. The normalized spacial score (nSPS) is 21.8. The minimum atomic E-state index is 0.303. The maximum Gasteiger partial charge on any atom is 0.148 e. The maximum atomic E-state index is 6.19. The molecule has 1 atom stereocenters. The first-order valence-corrected chi connectivity index (χ1v) is 7.47. The number of rotatable bonds is 2. The number of halogens is 1. The molecule has 0 bridgehead atoms. The number of aryl methyl sites for hydroxylation is 1. The topological polar surface area (TPSA) is 29.0 Å². The molecule has 1 aromatic rings. The van der Waals surface area contributed by atoms with Gasteiger partial charge in [-0.3, -0.25) is 4.90 Å². The molecule has 0 aromatic carbocycles. The molecule has 2 rings (SSSR count). The predicted octanol–water partition coefficient (Wildman–Crippen LogP) is 2.72. The van der Waals surface area contributed by atoms with Gasteiger partial charge in [-0.25, -0.2) is 9.97 Å². The Morgan fingerprint density at radius 3 is 2.88 bits per heavy atom. The largest absolute Gasteiger partial charge is 0.295 e. The second-order valence-electron chi connectivity index (χ2n) is 4.37. The quantitative estimate of drug-likeness (QED) is 0.774. The molecule has 1 aromatic heterocycles. The van der Waals surface area contributed by atoms with Gasteiger partial charge in [-0.15, -0.1) is 0 Å². The van der Waals surface area contributed by atoms with Crippen molar-refractivity contribution in [3.8, 4) is 0 Å². The summed E-state index contributed by atoms with van der Waals surface area (Å²) in [4.78, 5) is 11.4.